The second kappa shape index (κ2) is 5.65. The highest BCUT2D eigenvalue weighted by Crippen LogP contribution is 2.14. The summed E-state index contributed by atoms with van der Waals surface area (Å²) in [5.41, 5.74) is 6.96. The lowest BCUT2D eigenvalue weighted by molar-refractivity contribution is 0.709. The van der Waals surface area contributed by atoms with Crippen LogP contribution in [0.3, 0.4) is 0 Å². The maximum Gasteiger partial charge on any atom is 0.189 e. The molecule has 3 nitrogen and oxygen atoms in total. The Balaban J connectivity index is 2.44. The molecule has 4 heteroatoms. The third-order valence-corrected chi connectivity index (χ3v) is 2.61. The first-order valence-electron chi connectivity index (χ1n) is 4.82. The van der Waals surface area contributed by atoms with Gasteiger partial charge in [0.15, 0.2) is 5.96 Å². The zero-order valence-electron chi connectivity index (χ0n) is 8.66. The van der Waals surface area contributed by atoms with Crippen LogP contribution in [-0.2, 0) is 0 Å². The number of hydrogen-bond donors (Lipinski definition) is 2. The number of thiophene rings is 1. The van der Waals surface area contributed by atoms with Gasteiger partial charge >= 0.3 is 0 Å². The van der Waals surface area contributed by atoms with E-state index in [0.29, 0.717) is 5.96 Å². The zero-order valence-corrected chi connectivity index (χ0v) is 9.47. The number of aliphatic imine (C=N–C) groups is 1. The van der Waals surface area contributed by atoms with E-state index >= 15 is 0 Å². The molecule has 0 aromatic carbocycles. The molecule has 0 aliphatic heterocycles. The van der Waals surface area contributed by atoms with E-state index in [0.717, 1.165) is 13.0 Å². The molecule has 1 aromatic heterocycles. The van der Waals surface area contributed by atoms with E-state index in [-0.39, 0.29) is 6.04 Å². The third-order valence-electron chi connectivity index (χ3n) is 1.91. The summed E-state index contributed by atoms with van der Waals surface area (Å²) in [4.78, 5) is 4.18. The summed E-state index contributed by atoms with van der Waals surface area (Å²) >= 11 is 1.69. The summed E-state index contributed by atoms with van der Waals surface area (Å²) in [6, 6.07) is 2.33. The van der Waals surface area contributed by atoms with Crippen LogP contribution in [0.5, 0.6) is 0 Å². The number of nitrogens with two attached hydrogens (primary N) is 1. The average Bonchev–Trinajstić information content (AvgIpc) is 2.67. The molecule has 78 valence electrons. The van der Waals surface area contributed by atoms with Gasteiger partial charge in [-0.25, -0.2) is 0 Å². The first-order chi connectivity index (χ1) is 6.74. The highest BCUT2D eigenvalue weighted by atomic mass is 32.1. The minimum atomic E-state index is 0.238. The molecular formula is C10H17N3S. The Bertz CT molecular complexity index is 280. The highest BCUT2D eigenvalue weighted by Gasteiger charge is 2.05. The van der Waals surface area contributed by atoms with Gasteiger partial charge in [0.25, 0.3) is 0 Å². The van der Waals surface area contributed by atoms with Gasteiger partial charge in [-0.3, -0.25) is 4.99 Å². The molecule has 0 radical (unpaired) electrons. The van der Waals surface area contributed by atoms with Crippen LogP contribution in [0, 0.1) is 0 Å². The lowest BCUT2D eigenvalue weighted by Gasteiger charge is -2.12. The van der Waals surface area contributed by atoms with Gasteiger partial charge in [0.05, 0.1) is 6.04 Å². The molecule has 0 aliphatic carbocycles. The molecule has 1 heterocycles. The molecule has 0 saturated carbocycles. The number of guanidine groups is 1. The van der Waals surface area contributed by atoms with E-state index in [4.69, 9.17) is 5.73 Å². The third kappa shape index (κ3) is 3.38. The van der Waals surface area contributed by atoms with Crippen LogP contribution in [0.25, 0.3) is 0 Å². The molecule has 0 amide bonds. The summed E-state index contributed by atoms with van der Waals surface area (Å²) in [6.07, 6.45) is 1.02. The predicted octanol–water partition coefficient (Wildman–Crippen LogP) is 2.12. The van der Waals surface area contributed by atoms with E-state index in [2.05, 4.69) is 41.0 Å². The molecule has 1 rings (SSSR count). The van der Waals surface area contributed by atoms with Crippen LogP contribution in [0.1, 0.15) is 31.9 Å². The van der Waals surface area contributed by atoms with Crippen molar-refractivity contribution >= 4 is 17.3 Å². The van der Waals surface area contributed by atoms with Gasteiger partial charge in [0.1, 0.15) is 0 Å². The topological polar surface area (TPSA) is 50.4 Å². The van der Waals surface area contributed by atoms with Crippen LogP contribution in [0.15, 0.2) is 21.8 Å². The quantitative estimate of drug-likeness (QED) is 0.592. The van der Waals surface area contributed by atoms with Crippen molar-refractivity contribution in [1.29, 1.82) is 0 Å². The van der Waals surface area contributed by atoms with Crippen molar-refractivity contribution in [3.63, 3.8) is 0 Å². The van der Waals surface area contributed by atoms with E-state index < -0.39 is 0 Å². The molecule has 0 saturated heterocycles. The van der Waals surface area contributed by atoms with Gasteiger partial charge in [-0.1, -0.05) is 6.92 Å². The second-order valence-corrected chi connectivity index (χ2v) is 3.97. The minimum Gasteiger partial charge on any atom is -0.370 e. The van der Waals surface area contributed by atoms with Crippen molar-refractivity contribution in [3.05, 3.63) is 22.4 Å². The molecule has 0 bridgehead atoms. The standard InChI is InChI=1S/C10H17N3S/c1-3-5-12-10(11)13-8(2)9-4-6-14-7-9/h4,6-8H,3,5H2,1-2H3,(H3,11,12,13). The Labute approximate surface area is 89.0 Å². The van der Waals surface area contributed by atoms with Gasteiger partial charge < -0.3 is 11.1 Å². The number of rotatable bonds is 4. The molecule has 14 heavy (non-hydrogen) atoms. The molecular weight excluding hydrogens is 194 g/mol. The Morgan fingerprint density at radius 3 is 3.07 bits per heavy atom. The lowest BCUT2D eigenvalue weighted by atomic mass is 10.2. The van der Waals surface area contributed by atoms with E-state index in [1.54, 1.807) is 11.3 Å². The van der Waals surface area contributed by atoms with Crippen LogP contribution < -0.4 is 11.1 Å². The molecule has 0 spiro atoms. The predicted molar refractivity (Wildman–Crippen MR) is 62.7 cm³/mol. The van der Waals surface area contributed by atoms with Crippen LogP contribution in [-0.4, -0.2) is 12.5 Å². The lowest BCUT2D eigenvalue weighted by Crippen LogP contribution is -2.33. The van der Waals surface area contributed by atoms with Crippen molar-refractivity contribution in [2.75, 3.05) is 6.54 Å². The first-order valence-corrected chi connectivity index (χ1v) is 5.77. The van der Waals surface area contributed by atoms with Crippen molar-refractivity contribution < 1.29 is 0 Å². The zero-order chi connectivity index (χ0) is 10.4. The van der Waals surface area contributed by atoms with Gasteiger partial charge in [-0.15, -0.1) is 0 Å². The van der Waals surface area contributed by atoms with Gasteiger partial charge in [-0.05, 0) is 35.7 Å². The Kier molecular flexibility index (Phi) is 4.46. The smallest absolute Gasteiger partial charge is 0.189 e. The molecule has 1 unspecified atom stereocenters. The molecule has 0 aliphatic rings. The molecule has 1 atom stereocenters. The maximum absolute atomic E-state index is 5.71. The first kappa shape index (κ1) is 11.0. The fraction of sp³-hybridized carbons (Fsp3) is 0.500. The van der Waals surface area contributed by atoms with E-state index in [1.165, 1.54) is 5.56 Å². The second-order valence-electron chi connectivity index (χ2n) is 3.19. The molecule has 0 fully saturated rings. The fourth-order valence-corrected chi connectivity index (χ4v) is 1.86. The number of hydrogen-bond acceptors (Lipinski definition) is 2. The van der Waals surface area contributed by atoms with Crippen molar-refractivity contribution in [1.82, 2.24) is 5.32 Å². The molecule has 1 aromatic rings. The average molecular weight is 211 g/mol. The van der Waals surface area contributed by atoms with Crippen LogP contribution in [0.4, 0.5) is 0 Å². The maximum atomic E-state index is 5.71. The molecule has 3 N–H and O–H groups in total. The van der Waals surface area contributed by atoms with E-state index in [9.17, 15) is 0 Å². The Hall–Kier alpha value is -1.03. The summed E-state index contributed by atoms with van der Waals surface area (Å²) < 4.78 is 0. The Morgan fingerprint density at radius 2 is 2.50 bits per heavy atom. The normalized spacial score (nSPS) is 14.0. The van der Waals surface area contributed by atoms with E-state index in [1.807, 2.05) is 0 Å². The monoisotopic (exact) mass is 211 g/mol. The number of nitrogens with zero attached hydrogens (tertiary/aromatic N) is 1. The van der Waals surface area contributed by atoms with Crippen molar-refractivity contribution in [2.24, 2.45) is 10.7 Å². The SMILES string of the molecule is CCCN=C(N)NC(C)c1ccsc1. The van der Waals surface area contributed by atoms with Crippen molar-refractivity contribution in [3.8, 4) is 0 Å². The van der Waals surface area contributed by atoms with Gasteiger partial charge in [0.2, 0.25) is 0 Å². The summed E-state index contributed by atoms with van der Waals surface area (Å²) in [7, 11) is 0. The van der Waals surface area contributed by atoms with Crippen LogP contribution >= 0.6 is 11.3 Å². The van der Waals surface area contributed by atoms with Gasteiger partial charge in [-0.2, -0.15) is 11.3 Å². The summed E-state index contributed by atoms with van der Waals surface area (Å²) in [5.74, 6) is 0.533. The summed E-state index contributed by atoms with van der Waals surface area (Å²) in [6.45, 7) is 4.95. The number of nitrogens with one attached hydrogen (secondary N) is 1. The highest BCUT2D eigenvalue weighted by molar-refractivity contribution is 7.07. The summed E-state index contributed by atoms with van der Waals surface area (Å²) in [5, 5.41) is 7.33. The van der Waals surface area contributed by atoms with Gasteiger partial charge in [0, 0.05) is 6.54 Å². The minimum absolute atomic E-state index is 0.238. The Morgan fingerprint density at radius 1 is 1.71 bits per heavy atom. The van der Waals surface area contributed by atoms with Crippen LogP contribution in [0.2, 0.25) is 0 Å². The fourth-order valence-electron chi connectivity index (χ4n) is 1.10. The van der Waals surface area contributed by atoms with Crippen molar-refractivity contribution in [2.45, 2.75) is 26.3 Å². The largest absolute Gasteiger partial charge is 0.370 e.